The maximum atomic E-state index is 8.35. The summed E-state index contributed by atoms with van der Waals surface area (Å²) in [5, 5.41) is 19.3. The highest BCUT2D eigenvalue weighted by atomic mass is 15.6. The Balaban J connectivity index is 2.60. The molecule has 0 bridgehead atoms. The molecule has 0 spiro atoms. The van der Waals surface area contributed by atoms with Gasteiger partial charge in [0.05, 0.1) is 12.5 Å². The average Bonchev–Trinajstić information content (AvgIpc) is 2.47. The van der Waals surface area contributed by atoms with Gasteiger partial charge in [0.2, 0.25) is 5.95 Å². The van der Waals surface area contributed by atoms with Gasteiger partial charge in [-0.15, -0.1) is 0 Å². The molecule has 0 fully saturated rings. The van der Waals surface area contributed by atoms with Crippen molar-refractivity contribution in [1.29, 1.82) is 5.26 Å². The SMILES string of the molecule is CN(CCC#N)c1nnnn1C. The molecule has 1 aromatic heterocycles. The molecule has 1 aromatic rings. The van der Waals surface area contributed by atoms with E-state index in [1.165, 1.54) is 0 Å². The molecule has 0 aliphatic heterocycles. The van der Waals surface area contributed by atoms with Crippen LogP contribution >= 0.6 is 0 Å². The summed E-state index contributed by atoms with van der Waals surface area (Å²) in [5.74, 6) is 0.672. The molecular formula is C6H10N6. The van der Waals surface area contributed by atoms with Crippen LogP contribution in [0.15, 0.2) is 0 Å². The molecular weight excluding hydrogens is 156 g/mol. The van der Waals surface area contributed by atoms with Crippen LogP contribution in [0.2, 0.25) is 0 Å². The van der Waals surface area contributed by atoms with E-state index in [9.17, 15) is 0 Å². The van der Waals surface area contributed by atoms with Crippen molar-refractivity contribution in [3.63, 3.8) is 0 Å². The highest BCUT2D eigenvalue weighted by molar-refractivity contribution is 5.25. The number of rotatable bonds is 3. The zero-order chi connectivity index (χ0) is 8.97. The Kier molecular flexibility index (Phi) is 2.58. The number of hydrogen-bond acceptors (Lipinski definition) is 5. The summed E-state index contributed by atoms with van der Waals surface area (Å²) in [6.07, 6.45) is 0.476. The number of anilines is 1. The first-order valence-electron chi connectivity index (χ1n) is 3.56. The molecule has 1 heterocycles. The van der Waals surface area contributed by atoms with Crippen molar-refractivity contribution < 1.29 is 0 Å². The maximum absolute atomic E-state index is 8.35. The van der Waals surface area contributed by atoms with E-state index in [0.717, 1.165) is 0 Å². The van der Waals surface area contributed by atoms with E-state index in [-0.39, 0.29) is 0 Å². The fourth-order valence-corrected chi connectivity index (χ4v) is 0.866. The third-order valence-electron chi connectivity index (χ3n) is 1.50. The van der Waals surface area contributed by atoms with E-state index in [4.69, 9.17) is 5.26 Å². The second kappa shape index (κ2) is 3.67. The molecule has 0 radical (unpaired) electrons. The Morgan fingerprint density at radius 1 is 1.67 bits per heavy atom. The number of tetrazole rings is 1. The van der Waals surface area contributed by atoms with Gasteiger partial charge in [-0.05, 0) is 10.4 Å². The van der Waals surface area contributed by atoms with Crippen molar-refractivity contribution in [3.8, 4) is 6.07 Å². The smallest absolute Gasteiger partial charge is 0.245 e. The van der Waals surface area contributed by atoms with Crippen LogP contribution in [-0.4, -0.2) is 33.8 Å². The summed E-state index contributed by atoms with van der Waals surface area (Å²) < 4.78 is 1.57. The quantitative estimate of drug-likeness (QED) is 0.608. The molecule has 0 amide bonds. The van der Waals surface area contributed by atoms with Gasteiger partial charge in [-0.2, -0.15) is 5.26 Å². The first-order chi connectivity index (χ1) is 5.75. The molecule has 0 aliphatic rings. The molecule has 6 nitrogen and oxygen atoms in total. The van der Waals surface area contributed by atoms with E-state index in [0.29, 0.717) is 18.9 Å². The minimum atomic E-state index is 0.476. The molecule has 0 aromatic carbocycles. The van der Waals surface area contributed by atoms with Gasteiger partial charge in [0.1, 0.15) is 0 Å². The van der Waals surface area contributed by atoms with Crippen LogP contribution in [0.3, 0.4) is 0 Å². The monoisotopic (exact) mass is 166 g/mol. The van der Waals surface area contributed by atoms with Crippen LogP contribution in [-0.2, 0) is 7.05 Å². The molecule has 0 unspecified atom stereocenters. The number of nitrogens with zero attached hydrogens (tertiary/aromatic N) is 6. The predicted molar refractivity (Wildman–Crippen MR) is 42.3 cm³/mol. The van der Waals surface area contributed by atoms with Crippen molar-refractivity contribution in [1.82, 2.24) is 20.2 Å². The molecule has 64 valence electrons. The van der Waals surface area contributed by atoms with E-state index in [2.05, 4.69) is 21.6 Å². The van der Waals surface area contributed by atoms with E-state index in [1.807, 2.05) is 11.9 Å². The first-order valence-corrected chi connectivity index (χ1v) is 3.56. The van der Waals surface area contributed by atoms with Crippen molar-refractivity contribution in [2.24, 2.45) is 7.05 Å². The van der Waals surface area contributed by atoms with Gasteiger partial charge in [-0.1, -0.05) is 5.10 Å². The topological polar surface area (TPSA) is 70.6 Å². The van der Waals surface area contributed by atoms with Gasteiger partial charge in [0.15, 0.2) is 0 Å². The highest BCUT2D eigenvalue weighted by Crippen LogP contribution is 2.03. The van der Waals surface area contributed by atoms with Crippen LogP contribution < -0.4 is 4.90 Å². The van der Waals surface area contributed by atoms with Gasteiger partial charge in [-0.3, -0.25) is 0 Å². The Hall–Kier alpha value is -1.64. The third kappa shape index (κ3) is 1.69. The number of aromatic nitrogens is 4. The number of aryl methyl sites for hydroxylation is 1. The van der Waals surface area contributed by atoms with E-state index >= 15 is 0 Å². The Morgan fingerprint density at radius 3 is 2.92 bits per heavy atom. The standard InChI is InChI=1S/C6H10N6/c1-11(5-3-4-7)6-8-9-10-12(6)2/h3,5H2,1-2H3. The van der Waals surface area contributed by atoms with Crippen molar-refractivity contribution in [2.75, 3.05) is 18.5 Å². The molecule has 0 N–H and O–H groups in total. The van der Waals surface area contributed by atoms with Gasteiger partial charge in [0, 0.05) is 20.6 Å². The van der Waals surface area contributed by atoms with E-state index in [1.54, 1.807) is 11.7 Å². The lowest BCUT2D eigenvalue weighted by atomic mass is 10.4. The maximum Gasteiger partial charge on any atom is 0.245 e. The van der Waals surface area contributed by atoms with Gasteiger partial charge < -0.3 is 4.90 Å². The Bertz CT molecular complexity index is 284. The molecule has 1 rings (SSSR count). The molecule has 0 aliphatic carbocycles. The van der Waals surface area contributed by atoms with Gasteiger partial charge >= 0.3 is 0 Å². The minimum absolute atomic E-state index is 0.476. The normalized spacial score (nSPS) is 9.42. The lowest BCUT2D eigenvalue weighted by Crippen LogP contribution is -2.21. The average molecular weight is 166 g/mol. The Labute approximate surface area is 70.4 Å². The second-order valence-corrected chi connectivity index (χ2v) is 2.43. The summed E-state index contributed by atoms with van der Waals surface area (Å²) in [6, 6.07) is 2.06. The zero-order valence-electron chi connectivity index (χ0n) is 7.10. The second-order valence-electron chi connectivity index (χ2n) is 2.43. The van der Waals surface area contributed by atoms with Gasteiger partial charge in [0.25, 0.3) is 0 Å². The zero-order valence-corrected chi connectivity index (χ0v) is 7.10. The molecule has 0 saturated heterocycles. The highest BCUT2D eigenvalue weighted by Gasteiger charge is 2.06. The molecule has 6 heteroatoms. The van der Waals surface area contributed by atoms with Crippen LogP contribution in [0, 0.1) is 11.3 Å². The summed E-state index contributed by atoms with van der Waals surface area (Å²) in [7, 11) is 3.61. The lowest BCUT2D eigenvalue weighted by molar-refractivity contribution is 0.696. The summed E-state index contributed by atoms with van der Waals surface area (Å²) in [4.78, 5) is 1.84. The molecule has 0 atom stereocenters. The van der Waals surface area contributed by atoms with Crippen molar-refractivity contribution in [2.45, 2.75) is 6.42 Å². The van der Waals surface area contributed by atoms with Crippen molar-refractivity contribution in [3.05, 3.63) is 0 Å². The van der Waals surface area contributed by atoms with E-state index < -0.39 is 0 Å². The summed E-state index contributed by atoms with van der Waals surface area (Å²) in [6.45, 7) is 0.644. The van der Waals surface area contributed by atoms with Gasteiger partial charge in [-0.25, -0.2) is 4.68 Å². The van der Waals surface area contributed by atoms with Crippen LogP contribution in [0.4, 0.5) is 5.95 Å². The largest absolute Gasteiger partial charge is 0.342 e. The fourth-order valence-electron chi connectivity index (χ4n) is 0.866. The van der Waals surface area contributed by atoms with Crippen LogP contribution in [0.5, 0.6) is 0 Å². The predicted octanol–water partition coefficient (Wildman–Crippen LogP) is -0.440. The van der Waals surface area contributed by atoms with Crippen LogP contribution in [0.1, 0.15) is 6.42 Å². The molecule has 12 heavy (non-hydrogen) atoms. The van der Waals surface area contributed by atoms with Crippen molar-refractivity contribution >= 4 is 5.95 Å². The summed E-state index contributed by atoms with van der Waals surface area (Å²) >= 11 is 0. The number of hydrogen-bond donors (Lipinski definition) is 0. The third-order valence-corrected chi connectivity index (χ3v) is 1.50. The fraction of sp³-hybridized carbons (Fsp3) is 0.667. The minimum Gasteiger partial charge on any atom is -0.342 e. The molecule has 0 saturated carbocycles. The summed E-state index contributed by atoms with van der Waals surface area (Å²) in [5.41, 5.74) is 0. The Morgan fingerprint density at radius 2 is 2.42 bits per heavy atom. The van der Waals surface area contributed by atoms with Crippen LogP contribution in [0.25, 0.3) is 0 Å². The number of nitriles is 1. The lowest BCUT2D eigenvalue weighted by Gasteiger charge is -2.13. The first kappa shape index (κ1) is 8.46.